The lowest BCUT2D eigenvalue weighted by Crippen LogP contribution is -2.04. The number of esters is 1. The van der Waals surface area contributed by atoms with Crippen molar-refractivity contribution >= 4 is 11.9 Å². The first kappa shape index (κ1) is 6.83. The van der Waals surface area contributed by atoms with Crippen LogP contribution in [0.4, 0.5) is 0 Å². The third kappa shape index (κ3) is 0.840. The summed E-state index contributed by atoms with van der Waals surface area (Å²) < 4.78 is 4.93. The van der Waals surface area contributed by atoms with E-state index in [-0.39, 0.29) is 11.9 Å². The molecular formula is C10H7NO2. The van der Waals surface area contributed by atoms with Crippen molar-refractivity contribution in [1.82, 2.24) is 0 Å². The number of aliphatic imine (C=N–C) groups is 1. The van der Waals surface area contributed by atoms with Crippen LogP contribution in [-0.4, -0.2) is 11.9 Å². The standard InChI is InChI=1S/C10H7NO2/c12-9-5-7-6-3-1-2-4-8(6)11-10(7)13-9/h1-2,4-6H,3H2. The third-order valence-electron chi connectivity index (χ3n) is 2.46. The maximum Gasteiger partial charge on any atom is 0.337 e. The summed E-state index contributed by atoms with van der Waals surface area (Å²) in [6, 6.07) is 0. The molecule has 0 saturated carbocycles. The fraction of sp³-hybridized carbons (Fsp3) is 0.200. The molecule has 0 aromatic heterocycles. The van der Waals surface area contributed by atoms with E-state index >= 15 is 0 Å². The van der Waals surface area contributed by atoms with Gasteiger partial charge in [0.25, 0.3) is 0 Å². The summed E-state index contributed by atoms with van der Waals surface area (Å²) in [5.74, 6) is 0.471. The van der Waals surface area contributed by atoms with Crippen molar-refractivity contribution in [3.05, 3.63) is 35.6 Å². The van der Waals surface area contributed by atoms with E-state index in [1.54, 1.807) is 6.08 Å². The molecule has 2 heterocycles. The number of ether oxygens (including phenoxy) is 1. The zero-order chi connectivity index (χ0) is 8.84. The molecule has 0 amide bonds. The van der Waals surface area contributed by atoms with Crippen molar-refractivity contribution in [3.8, 4) is 0 Å². The van der Waals surface area contributed by atoms with Crippen LogP contribution in [-0.2, 0) is 9.53 Å². The van der Waals surface area contributed by atoms with Gasteiger partial charge >= 0.3 is 5.97 Å². The van der Waals surface area contributed by atoms with Gasteiger partial charge in [-0.25, -0.2) is 9.79 Å². The van der Waals surface area contributed by atoms with Crippen molar-refractivity contribution in [2.24, 2.45) is 10.9 Å². The van der Waals surface area contributed by atoms with Gasteiger partial charge in [0.15, 0.2) is 0 Å². The van der Waals surface area contributed by atoms with Crippen LogP contribution < -0.4 is 0 Å². The van der Waals surface area contributed by atoms with Crippen LogP contribution in [0.1, 0.15) is 6.42 Å². The quantitative estimate of drug-likeness (QED) is 0.518. The molecule has 3 rings (SSSR count). The molecule has 0 bridgehead atoms. The fourth-order valence-corrected chi connectivity index (χ4v) is 1.85. The van der Waals surface area contributed by atoms with Crippen molar-refractivity contribution in [3.63, 3.8) is 0 Å². The Morgan fingerprint density at radius 3 is 3.38 bits per heavy atom. The molecule has 0 aromatic carbocycles. The number of carbonyl (C=O) groups is 1. The topological polar surface area (TPSA) is 38.7 Å². The average molecular weight is 173 g/mol. The lowest BCUT2D eigenvalue weighted by Gasteiger charge is -2.10. The number of allylic oxidation sites excluding steroid dienone is 4. The highest BCUT2D eigenvalue weighted by atomic mass is 16.5. The van der Waals surface area contributed by atoms with E-state index in [2.05, 4.69) is 11.1 Å². The Morgan fingerprint density at radius 2 is 2.46 bits per heavy atom. The molecule has 0 spiro atoms. The van der Waals surface area contributed by atoms with Gasteiger partial charge in [-0.3, -0.25) is 0 Å². The maximum absolute atomic E-state index is 10.9. The molecule has 1 unspecified atom stereocenters. The second-order valence-electron chi connectivity index (χ2n) is 3.25. The van der Waals surface area contributed by atoms with E-state index in [4.69, 9.17) is 4.74 Å². The molecule has 64 valence electrons. The Kier molecular flexibility index (Phi) is 1.15. The first-order valence-electron chi connectivity index (χ1n) is 4.24. The van der Waals surface area contributed by atoms with Gasteiger partial charge in [0.2, 0.25) is 5.90 Å². The van der Waals surface area contributed by atoms with Crippen LogP contribution in [0.25, 0.3) is 0 Å². The van der Waals surface area contributed by atoms with E-state index < -0.39 is 0 Å². The monoisotopic (exact) mass is 173 g/mol. The van der Waals surface area contributed by atoms with Gasteiger partial charge < -0.3 is 4.74 Å². The van der Waals surface area contributed by atoms with Crippen molar-refractivity contribution in [2.45, 2.75) is 6.42 Å². The normalized spacial score (nSPS) is 28.8. The highest BCUT2D eigenvalue weighted by Crippen LogP contribution is 2.37. The molecular weight excluding hydrogens is 166 g/mol. The Bertz CT molecular complexity index is 413. The Morgan fingerprint density at radius 1 is 1.54 bits per heavy atom. The number of rotatable bonds is 0. The smallest absolute Gasteiger partial charge is 0.337 e. The summed E-state index contributed by atoms with van der Waals surface area (Å²) >= 11 is 0. The SMILES string of the molecule is O=C1C=C2C(=NC3=CC=CCC32)O1. The highest BCUT2D eigenvalue weighted by molar-refractivity contribution is 6.13. The lowest BCUT2D eigenvalue weighted by atomic mass is 9.92. The highest BCUT2D eigenvalue weighted by Gasteiger charge is 2.36. The van der Waals surface area contributed by atoms with Gasteiger partial charge in [0.05, 0.1) is 5.70 Å². The summed E-state index contributed by atoms with van der Waals surface area (Å²) in [7, 11) is 0. The van der Waals surface area contributed by atoms with E-state index in [9.17, 15) is 4.79 Å². The van der Waals surface area contributed by atoms with Crippen LogP contribution in [0.3, 0.4) is 0 Å². The molecule has 0 saturated heterocycles. The molecule has 1 atom stereocenters. The minimum Gasteiger partial charge on any atom is -0.404 e. The molecule has 0 fully saturated rings. The molecule has 0 aromatic rings. The van der Waals surface area contributed by atoms with Crippen molar-refractivity contribution < 1.29 is 9.53 Å². The predicted octanol–water partition coefficient (Wildman–Crippen LogP) is 1.34. The summed E-state index contributed by atoms with van der Waals surface area (Å²) in [6.45, 7) is 0. The number of fused-ring (bicyclic) bond motifs is 3. The average Bonchev–Trinajstić information content (AvgIpc) is 2.60. The van der Waals surface area contributed by atoms with Crippen molar-refractivity contribution in [2.75, 3.05) is 0 Å². The van der Waals surface area contributed by atoms with E-state index in [1.807, 2.05) is 12.2 Å². The second kappa shape index (κ2) is 2.19. The molecule has 3 nitrogen and oxygen atoms in total. The van der Waals surface area contributed by atoms with Crippen LogP contribution in [0, 0.1) is 5.92 Å². The number of hydrogen-bond donors (Lipinski definition) is 0. The van der Waals surface area contributed by atoms with Crippen LogP contribution in [0.5, 0.6) is 0 Å². The van der Waals surface area contributed by atoms with E-state index in [0.717, 1.165) is 17.7 Å². The number of nitrogens with zero attached hydrogens (tertiary/aromatic N) is 1. The van der Waals surface area contributed by atoms with Gasteiger partial charge in [-0.05, 0) is 12.5 Å². The minimum atomic E-state index is -0.289. The molecule has 3 heteroatoms. The largest absolute Gasteiger partial charge is 0.404 e. The lowest BCUT2D eigenvalue weighted by molar-refractivity contribution is -0.129. The number of carbonyl (C=O) groups excluding carboxylic acids is 1. The third-order valence-corrected chi connectivity index (χ3v) is 2.46. The zero-order valence-corrected chi connectivity index (χ0v) is 6.86. The van der Waals surface area contributed by atoms with Crippen LogP contribution >= 0.6 is 0 Å². The maximum atomic E-state index is 10.9. The first-order valence-corrected chi connectivity index (χ1v) is 4.24. The first-order chi connectivity index (χ1) is 6.34. The molecule has 13 heavy (non-hydrogen) atoms. The second-order valence-corrected chi connectivity index (χ2v) is 3.25. The fourth-order valence-electron chi connectivity index (χ4n) is 1.85. The molecule has 0 radical (unpaired) electrons. The van der Waals surface area contributed by atoms with Crippen LogP contribution in [0.2, 0.25) is 0 Å². The summed E-state index contributed by atoms with van der Waals surface area (Å²) in [5, 5.41) is 0. The van der Waals surface area contributed by atoms with Gasteiger partial charge in [0, 0.05) is 17.6 Å². The van der Waals surface area contributed by atoms with E-state index in [0.29, 0.717) is 5.90 Å². The molecule has 2 aliphatic heterocycles. The summed E-state index contributed by atoms with van der Waals surface area (Å²) in [5.41, 5.74) is 1.96. The molecule has 1 aliphatic carbocycles. The predicted molar refractivity (Wildman–Crippen MR) is 46.9 cm³/mol. The van der Waals surface area contributed by atoms with Crippen LogP contribution in [0.15, 0.2) is 40.6 Å². The molecule has 3 aliphatic rings. The molecule has 0 N–H and O–H groups in total. The Labute approximate surface area is 75.1 Å². The number of hydrogen-bond acceptors (Lipinski definition) is 3. The van der Waals surface area contributed by atoms with Crippen molar-refractivity contribution in [1.29, 1.82) is 0 Å². The Balaban J connectivity index is 2.10. The Hall–Kier alpha value is -1.64. The van der Waals surface area contributed by atoms with Gasteiger partial charge in [-0.15, -0.1) is 0 Å². The van der Waals surface area contributed by atoms with E-state index in [1.165, 1.54) is 0 Å². The minimum absolute atomic E-state index is 0.256. The van der Waals surface area contributed by atoms with Gasteiger partial charge in [-0.1, -0.05) is 12.2 Å². The summed E-state index contributed by atoms with van der Waals surface area (Å²) in [6.07, 6.45) is 8.49. The summed E-state index contributed by atoms with van der Waals surface area (Å²) in [4.78, 5) is 15.2. The van der Waals surface area contributed by atoms with Gasteiger partial charge in [0.1, 0.15) is 0 Å². The zero-order valence-electron chi connectivity index (χ0n) is 6.86. The van der Waals surface area contributed by atoms with Gasteiger partial charge in [-0.2, -0.15) is 0 Å².